The summed E-state index contributed by atoms with van der Waals surface area (Å²) in [7, 11) is 0. The number of nitro groups is 1. The molecule has 1 aromatic heterocycles. The molecule has 0 saturated heterocycles. The highest BCUT2D eigenvalue weighted by Gasteiger charge is 2.13. The lowest BCUT2D eigenvalue weighted by atomic mass is 10.1. The molecule has 1 amide bonds. The van der Waals surface area contributed by atoms with Crippen molar-refractivity contribution in [3.63, 3.8) is 0 Å². The van der Waals surface area contributed by atoms with Gasteiger partial charge < -0.3 is 0 Å². The number of halogens is 1. The Labute approximate surface area is 191 Å². The fourth-order valence-corrected chi connectivity index (χ4v) is 3.28. The number of non-ortho nitro benzene ring substituents is 1. The minimum atomic E-state index is -0.553. The van der Waals surface area contributed by atoms with Gasteiger partial charge >= 0.3 is 0 Å². The van der Waals surface area contributed by atoms with Crippen molar-refractivity contribution in [3.8, 4) is 16.9 Å². The van der Waals surface area contributed by atoms with Gasteiger partial charge in [-0.2, -0.15) is 10.2 Å². The summed E-state index contributed by atoms with van der Waals surface area (Å²) in [5.41, 5.74) is 5.54. The number of amides is 1. The topological polar surface area (TPSA) is 102 Å². The molecule has 0 bridgehead atoms. The first-order valence-corrected chi connectivity index (χ1v) is 10.3. The van der Waals surface area contributed by atoms with E-state index in [1.807, 2.05) is 60.8 Å². The van der Waals surface area contributed by atoms with Gasteiger partial charge in [0.2, 0.25) is 0 Å². The molecule has 4 aromatic rings. The number of benzene rings is 3. The van der Waals surface area contributed by atoms with Gasteiger partial charge in [0.05, 0.1) is 16.8 Å². The van der Waals surface area contributed by atoms with Crippen molar-refractivity contribution >= 4 is 33.7 Å². The van der Waals surface area contributed by atoms with Crippen LogP contribution < -0.4 is 5.43 Å². The third kappa shape index (κ3) is 4.79. The Kier molecular flexibility index (Phi) is 6.18. The van der Waals surface area contributed by atoms with Crippen LogP contribution in [-0.4, -0.2) is 26.8 Å². The fraction of sp³-hybridized carbons (Fsp3) is 0. The maximum Gasteiger partial charge on any atom is 0.271 e. The van der Waals surface area contributed by atoms with E-state index in [0.717, 1.165) is 15.7 Å². The monoisotopic (exact) mass is 489 g/mol. The maximum atomic E-state index is 12.4. The standard InChI is InChI=1S/C23H16BrN5O3/c24-19-11-9-16(10-12-19)22-18(15-28(27-22)20-6-2-1-3-7-20)14-25-26-23(30)17-5-4-8-21(13-17)29(31)32/h1-15H,(H,26,30)/b25-14+. The number of rotatable bonds is 6. The molecule has 1 N–H and O–H groups in total. The second-order valence-corrected chi connectivity index (χ2v) is 7.64. The van der Waals surface area contributed by atoms with E-state index in [1.165, 1.54) is 30.5 Å². The summed E-state index contributed by atoms with van der Waals surface area (Å²) in [4.78, 5) is 22.7. The van der Waals surface area contributed by atoms with Crippen molar-refractivity contribution < 1.29 is 9.72 Å². The van der Waals surface area contributed by atoms with Crippen LogP contribution in [0.3, 0.4) is 0 Å². The van der Waals surface area contributed by atoms with E-state index in [2.05, 4.69) is 31.6 Å². The highest BCUT2D eigenvalue weighted by molar-refractivity contribution is 9.10. The van der Waals surface area contributed by atoms with Gasteiger partial charge in [0.25, 0.3) is 11.6 Å². The van der Waals surface area contributed by atoms with Gasteiger partial charge in [-0.05, 0) is 30.3 Å². The molecule has 0 fully saturated rings. The Balaban J connectivity index is 1.62. The van der Waals surface area contributed by atoms with Crippen LogP contribution in [0.4, 0.5) is 5.69 Å². The Morgan fingerprint density at radius 3 is 2.53 bits per heavy atom. The van der Waals surface area contributed by atoms with Crippen LogP contribution in [0.25, 0.3) is 16.9 Å². The second-order valence-electron chi connectivity index (χ2n) is 6.73. The van der Waals surface area contributed by atoms with E-state index >= 15 is 0 Å². The Bertz CT molecular complexity index is 1300. The van der Waals surface area contributed by atoms with Gasteiger partial charge in [-0.1, -0.05) is 52.3 Å². The molecular formula is C23H16BrN5O3. The molecule has 0 aliphatic heterocycles. The second kappa shape index (κ2) is 9.36. The first-order chi connectivity index (χ1) is 15.5. The molecule has 0 saturated carbocycles. The van der Waals surface area contributed by atoms with Crippen molar-refractivity contribution in [1.82, 2.24) is 15.2 Å². The van der Waals surface area contributed by atoms with Gasteiger partial charge in [0.15, 0.2) is 0 Å². The molecular weight excluding hydrogens is 474 g/mol. The molecule has 3 aromatic carbocycles. The molecule has 8 nitrogen and oxygen atoms in total. The van der Waals surface area contributed by atoms with E-state index in [4.69, 9.17) is 0 Å². The minimum absolute atomic E-state index is 0.143. The summed E-state index contributed by atoms with van der Waals surface area (Å²) in [6, 6.07) is 22.8. The number of para-hydroxylation sites is 1. The predicted molar refractivity (Wildman–Crippen MR) is 125 cm³/mol. The van der Waals surface area contributed by atoms with E-state index in [-0.39, 0.29) is 11.3 Å². The maximum absolute atomic E-state index is 12.4. The zero-order chi connectivity index (χ0) is 22.5. The molecule has 9 heteroatoms. The number of nitrogens with one attached hydrogen (secondary N) is 1. The quantitative estimate of drug-likeness (QED) is 0.234. The average molecular weight is 490 g/mol. The van der Waals surface area contributed by atoms with Crippen LogP contribution >= 0.6 is 15.9 Å². The van der Waals surface area contributed by atoms with E-state index in [9.17, 15) is 14.9 Å². The number of hydrazone groups is 1. The van der Waals surface area contributed by atoms with Gasteiger partial charge in [0, 0.05) is 39.5 Å². The van der Waals surface area contributed by atoms with Gasteiger partial charge in [-0.3, -0.25) is 14.9 Å². The zero-order valence-electron chi connectivity index (χ0n) is 16.6. The fourth-order valence-electron chi connectivity index (χ4n) is 3.01. The molecule has 0 aliphatic carbocycles. The number of carbonyl (C=O) groups excluding carboxylic acids is 1. The normalized spacial score (nSPS) is 10.9. The van der Waals surface area contributed by atoms with E-state index in [0.29, 0.717) is 11.3 Å². The molecule has 0 unspecified atom stereocenters. The van der Waals surface area contributed by atoms with Crippen LogP contribution in [-0.2, 0) is 0 Å². The number of aromatic nitrogens is 2. The van der Waals surface area contributed by atoms with Crippen LogP contribution in [0.15, 0.2) is 94.6 Å². The van der Waals surface area contributed by atoms with Crippen LogP contribution in [0.5, 0.6) is 0 Å². The third-order valence-corrected chi connectivity index (χ3v) is 5.10. The molecule has 0 atom stereocenters. The first kappa shape index (κ1) is 21.1. The lowest BCUT2D eigenvalue weighted by Gasteiger charge is -2.01. The van der Waals surface area contributed by atoms with Crippen LogP contribution in [0.2, 0.25) is 0 Å². The highest BCUT2D eigenvalue weighted by Crippen LogP contribution is 2.24. The average Bonchev–Trinajstić information content (AvgIpc) is 3.24. The van der Waals surface area contributed by atoms with Crippen molar-refractivity contribution in [2.75, 3.05) is 0 Å². The smallest absolute Gasteiger partial charge is 0.267 e. The Morgan fingerprint density at radius 1 is 1.06 bits per heavy atom. The lowest BCUT2D eigenvalue weighted by Crippen LogP contribution is -2.17. The van der Waals surface area contributed by atoms with Gasteiger partial charge in [0.1, 0.15) is 5.69 Å². The van der Waals surface area contributed by atoms with E-state index < -0.39 is 10.8 Å². The van der Waals surface area contributed by atoms with Crippen LogP contribution in [0.1, 0.15) is 15.9 Å². The SMILES string of the molecule is O=C(N/N=C/c1cn(-c2ccccc2)nc1-c1ccc(Br)cc1)c1cccc([N+](=O)[O-])c1. The summed E-state index contributed by atoms with van der Waals surface area (Å²) in [5.74, 6) is -0.550. The zero-order valence-corrected chi connectivity index (χ0v) is 18.1. The van der Waals surface area contributed by atoms with Crippen molar-refractivity contribution in [2.24, 2.45) is 5.10 Å². The molecule has 4 rings (SSSR count). The number of carbonyl (C=O) groups is 1. The van der Waals surface area contributed by atoms with Gasteiger partial charge in [-0.15, -0.1) is 0 Å². The summed E-state index contributed by atoms with van der Waals surface area (Å²) < 4.78 is 2.68. The molecule has 32 heavy (non-hydrogen) atoms. The molecule has 0 spiro atoms. The van der Waals surface area contributed by atoms with Crippen molar-refractivity contribution in [1.29, 1.82) is 0 Å². The molecule has 158 valence electrons. The minimum Gasteiger partial charge on any atom is -0.267 e. The van der Waals surface area contributed by atoms with Crippen molar-refractivity contribution in [2.45, 2.75) is 0 Å². The van der Waals surface area contributed by atoms with Crippen molar-refractivity contribution in [3.05, 3.63) is 111 Å². The number of nitrogens with zero attached hydrogens (tertiary/aromatic N) is 4. The van der Waals surface area contributed by atoms with Gasteiger partial charge in [-0.25, -0.2) is 10.1 Å². The first-order valence-electron chi connectivity index (χ1n) is 9.50. The van der Waals surface area contributed by atoms with E-state index in [1.54, 1.807) is 4.68 Å². The van der Waals surface area contributed by atoms with Crippen LogP contribution in [0, 0.1) is 10.1 Å². The third-order valence-electron chi connectivity index (χ3n) is 4.57. The predicted octanol–water partition coefficient (Wildman–Crippen LogP) is 4.97. The molecule has 0 aliphatic rings. The number of nitro benzene ring substituents is 1. The summed E-state index contributed by atoms with van der Waals surface area (Å²) in [6.45, 7) is 0. The largest absolute Gasteiger partial charge is 0.271 e. The number of hydrogen-bond acceptors (Lipinski definition) is 5. The lowest BCUT2D eigenvalue weighted by molar-refractivity contribution is -0.384. The molecule has 0 radical (unpaired) electrons. The molecule has 1 heterocycles. The highest BCUT2D eigenvalue weighted by atomic mass is 79.9. The Morgan fingerprint density at radius 2 is 1.81 bits per heavy atom. The number of hydrogen-bond donors (Lipinski definition) is 1. The summed E-state index contributed by atoms with van der Waals surface area (Å²) in [5, 5.41) is 19.7. The summed E-state index contributed by atoms with van der Waals surface area (Å²) in [6.07, 6.45) is 3.31. The Hall–Kier alpha value is -4.11. The summed E-state index contributed by atoms with van der Waals surface area (Å²) >= 11 is 3.43.